The minimum Gasteiger partial charge on any atom is -0.260 e. The van der Waals surface area contributed by atoms with Crippen molar-refractivity contribution in [2.75, 3.05) is 0 Å². The minimum atomic E-state index is -0.472. The van der Waals surface area contributed by atoms with Crippen LogP contribution in [0.2, 0.25) is 0 Å². The van der Waals surface area contributed by atoms with Crippen LogP contribution in [0, 0.1) is 16.2 Å². The summed E-state index contributed by atoms with van der Waals surface area (Å²) in [6, 6.07) is 8.68. The molecule has 0 aliphatic carbocycles. The second-order valence-corrected chi connectivity index (χ2v) is 1.50. The van der Waals surface area contributed by atoms with E-state index in [0.29, 0.717) is 0 Å². The number of nitro groups is 1. The van der Waals surface area contributed by atoms with Gasteiger partial charge in [-0.15, -0.1) is 6.07 Å². The predicted molar refractivity (Wildman–Crippen MR) is 31.9 cm³/mol. The average molecular weight is 122 g/mol. The van der Waals surface area contributed by atoms with Gasteiger partial charge in [0.2, 0.25) is 0 Å². The monoisotopic (exact) mass is 122 g/mol. The van der Waals surface area contributed by atoms with Crippen LogP contribution in [-0.2, 0) is 0 Å². The Balaban J connectivity index is 2.98. The number of para-hydroxylation sites is 1. The fraction of sp³-hybridized carbons (Fsp3) is 0. The van der Waals surface area contributed by atoms with Crippen molar-refractivity contribution < 1.29 is 4.92 Å². The highest BCUT2D eigenvalue weighted by atomic mass is 16.6. The first kappa shape index (κ1) is 5.75. The summed E-state index contributed by atoms with van der Waals surface area (Å²) >= 11 is 0. The fourth-order valence-corrected chi connectivity index (χ4v) is 0.497. The Morgan fingerprint density at radius 3 is 2.67 bits per heavy atom. The van der Waals surface area contributed by atoms with Crippen LogP contribution in [0.4, 0.5) is 5.69 Å². The zero-order valence-corrected chi connectivity index (χ0v) is 4.57. The molecule has 0 aliphatic rings. The smallest absolute Gasteiger partial charge is 0.162 e. The lowest BCUT2D eigenvalue weighted by molar-refractivity contribution is -0.385. The lowest BCUT2D eigenvalue weighted by Gasteiger charge is -1.93. The van der Waals surface area contributed by atoms with Crippen LogP contribution in [-0.4, -0.2) is 4.92 Å². The van der Waals surface area contributed by atoms with Crippen LogP contribution >= 0.6 is 0 Å². The summed E-state index contributed by atoms with van der Waals surface area (Å²) in [5.74, 6) is 0. The maximum atomic E-state index is 9.98. The van der Waals surface area contributed by atoms with Gasteiger partial charge in [-0.2, -0.15) is 18.2 Å². The number of rotatable bonds is 1. The molecular formula is C6H4NO2-. The van der Waals surface area contributed by atoms with Crippen molar-refractivity contribution >= 4 is 5.69 Å². The summed E-state index contributed by atoms with van der Waals surface area (Å²) in [6.07, 6.45) is 0. The second kappa shape index (κ2) is 2.26. The Kier molecular flexibility index (Phi) is 1.44. The minimum absolute atomic E-state index is 0.0116. The number of nitrogens with zero attached hydrogens (tertiary/aromatic N) is 1. The highest BCUT2D eigenvalue weighted by molar-refractivity contribution is 5.26. The highest BCUT2D eigenvalue weighted by Crippen LogP contribution is 2.05. The van der Waals surface area contributed by atoms with Crippen LogP contribution in [0.5, 0.6) is 0 Å². The zero-order valence-electron chi connectivity index (χ0n) is 4.57. The van der Waals surface area contributed by atoms with Gasteiger partial charge in [0.15, 0.2) is 5.69 Å². The maximum Gasteiger partial charge on any atom is 0.162 e. The van der Waals surface area contributed by atoms with Gasteiger partial charge in [-0.05, 0) is 0 Å². The number of hydrogen-bond donors (Lipinski definition) is 0. The third kappa shape index (κ3) is 1.25. The molecule has 0 heterocycles. The third-order valence-electron chi connectivity index (χ3n) is 0.889. The van der Waals surface area contributed by atoms with Crippen molar-refractivity contribution in [1.29, 1.82) is 0 Å². The molecule has 1 rings (SSSR count). The standard InChI is InChI=1S/C6H4NO2/c8-7(9)6-4-2-1-3-5-6/h1-4H/q-1. The number of nitro benzene ring substituents is 1. The van der Waals surface area contributed by atoms with E-state index in [1.165, 1.54) is 12.1 Å². The Morgan fingerprint density at radius 1 is 1.56 bits per heavy atom. The Bertz CT molecular complexity index is 208. The molecule has 0 bridgehead atoms. The second-order valence-electron chi connectivity index (χ2n) is 1.50. The van der Waals surface area contributed by atoms with Crippen molar-refractivity contribution in [2.45, 2.75) is 0 Å². The molecule has 0 N–H and O–H groups in total. The van der Waals surface area contributed by atoms with E-state index in [9.17, 15) is 10.1 Å². The molecule has 0 unspecified atom stereocenters. The number of hydrogen-bond acceptors (Lipinski definition) is 2. The summed E-state index contributed by atoms with van der Waals surface area (Å²) in [6.45, 7) is 0. The van der Waals surface area contributed by atoms with Gasteiger partial charge in [-0.3, -0.25) is 10.1 Å². The third-order valence-corrected chi connectivity index (χ3v) is 0.889. The molecule has 0 saturated carbocycles. The first-order valence-electron chi connectivity index (χ1n) is 2.42. The van der Waals surface area contributed by atoms with Gasteiger partial charge in [0.05, 0.1) is 0 Å². The van der Waals surface area contributed by atoms with E-state index in [1.54, 1.807) is 12.1 Å². The summed E-state index contributed by atoms with van der Waals surface area (Å²) in [5.41, 5.74) is 0.0116. The van der Waals surface area contributed by atoms with Crippen molar-refractivity contribution in [3.63, 3.8) is 0 Å². The molecular weight excluding hydrogens is 118 g/mol. The molecule has 3 nitrogen and oxygen atoms in total. The molecule has 0 aliphatic heterocycles. The van der Waals surface area contributed by atoms with Gasteiger partial charge >= 0.3 is 0 Å². The fourth-order valence-electron chi connectivity index (χ4n) is 0.497. The summed E-state index contributed by atoms with van der Waals surface area (Å²) in [5, 5.41) is 9.98. The molecule has 0 amide bonds. The van der Waals surface area contributed by atoms with Crippen LogP contribution in [0.15, 0.2) is 24.3 Å². The Labute approximate surface area is 52.1 Å². The van der Waals surface area contributed by atoms with Gasteiger partial charge in [-0.25, -0.2) is 0 Å². The predicted octanol–water partition coefficient (Wildman–Crippen LogP) is 1.39. The SMILES string of the molecule is O=[N+]([O-])c1[c-]cccc1. The maximum absolute atomic E-state index is 9.98. The Hall–Kier alpha value is -1.38. The number of benzene rings is 1. The first-order valence-corrected chi connectivity index (χ1v) is 2.42. The largest absolute Gasteiger partial charge is 0.260 e. The lowest BCUT2D eigenvalue weighted by atomic mass is 10.3. The van der Waals surface area contributed by atoms with E-state index in [4.69, 9.17) is 0 Å². The first-order chi connectivity index (χ1) is 4.30. The van der Waals surface area contributed by atoms with Crippen molar-refractivity contribution in [2.24, 2.45) is 0 Å². The summed E-state index contributed by atoms with van der Waals surface area (Å²) in [7, 11) is 0. The highest BCUT2D eigenvalue weighted by Gasteiger charge is 1.90. The van der Waals surface area contributed by atoms with Crippen LogP contribution in [0.25, 0.3) is 0 Å². The molecule has 0 radical (unpaired) electrons. The zero-order chi connectivity index (χ0) is 6.69. The lowest BCUT2D eigenvalue weighted by Crippen LogP contribution is -1.85. The molecule has 1 aromatic carbocycles. The van der Waals surface area contributed by atoms with Crippen LogP contribution in [0.3, 0.4) is 0 Å². The van der Waals surface area contributed by atoms with Crippen molar-refractivity contribution in [3.8, 4) is 0 Å². The normalized spacial score (nSPS) is 8.89. The van der Waals surface area contributed by atoms with Gasteiger partial charge in [0.25, 0.3) is 0 Å². The summed E-state index contributed by atoms with van der Waals surface area (Å²) < 4.78 is 0. The van der Waals surface area contributed by atoms with E-state index < -0.39 is 4.92 Å². The molecule has 0 fully saturated rings. The molecule has 9 heavy (non-hydrogen) atoms. The quantitative estimate of drug-likeness (QED) is 0.321. The van der Waals surface area contributed by atoms with Crippen molar-refractivity contribution in [3.05, 3.63) is 40.4 Å². The number of non-ortho nitro benzene ring substituents is 1. The van der Waals surface area contributed by atoms with E-state index in [2.05, 4.69) is 6.07 Å². The molecule has 46 valence electrons. The van der Waals surface area contributed by atoms with E-state index >= 15 is 0 Å². The molecule has 0 aromatic heterocycles. The van der Waals surface area contributed by atoms with Gasteiger partial charge in [0, 0.05) is 4.92 Å². The van der Waals surface area contributed by atoms with Crippen LogP contribution < -0.4 is 0 Å². The van der Waals surface area contributed by atoms with Gasteiger partial charge in [-0.1, -0.05) is 6.07 Å². The van der Waals surface area contributed by atoms with E-state index in [-0.39, 0.29) is 5.69 Å². The molecule has 1 aromatic rings. The summed E-state index contributed by atoms with van der Waals surface area (Å²) in [4.78, 5) is 9.50. The molecule has 0 atom stereocenters. The van der Waals surface area contributed by atoms with E-state index in [1.807, 2.05) is 0 Å². The molecule has 0 spiro atoms. The molecule has 3 heteroatoms. The average Bonchev–Trinajstić information content (AvgIpc) is 1.90. The van der Waals surface area contributed by atoms with E-state index in [0.717, 1.165) is 0 Å². The van der Waals surface area contributed by atoms with Crippen LogP contribution in [0.1, 0.15) is 0 Å². The Morgan fingerprint density at radius 2 is 2.33 bits per heavy atom. The van der Waals surface area contributed by atoms with Crippen molar-refractivity contribution in [1.82, 2.24) is 0 Å². The molecule has 0 saturated heterocycles. The topological polar surface area (TPSA) is 43.1 Å². The van der Waals surface area contributed by atoms with Gasteiger partial charge < -0.3 is 0 Å². The van der Waals surface area contributed by atoms with Gasteiger partial charge in [0.1, 0.15) is 0 Å².